The van der Waals surface area contributed by atoms with Crippen molar-refractivity contribution in [2.45, 2.75) is 64.8 Å². The molecule has 5 aromatic rings. The molecule has 0 saturated heterocycles. The van der Waals surface area contributed by atoms with Gasteiger partial charge >= 0.3 is 5.69 Å². The third kappa shape index (κ3) is 6.71. The topological polar surface area (TPSA) is 162 Å². The van der Waals surface area contributed by atoms with Crippen LogP contribution in [0.15, 0.2) is 59.4 Å². The fraction of sp³-hybridized carbons (Fsp3) is 0.371. The van der Waals surface area contributed by atoms with E-state index in [9.17, 15) is 14.4 Å². The fourth-order valence-electron chi connectivity index (χ4n) is 6.32. The van der Waals surface area contributed by atoms with E-state index in [0.717, 1.165) is 64.8 Å². The molecule has 0 bridgehead atoms. The first kappa shape index (κ1) is 30.3. The highest BCUT2D eigenvalue weighted by molar-refractivity contribution is 5.99. The fourth-order valence-corrected chi connectivity index (χ4v) is 6.32. The summed E-state index contributed by atoms with van der Waals surface area (Å²) in [5.41, 5.74) is 13.5. The van der Waals surface area contributed by atoms with Gasteiger partial charge in [0, 0.05) is 23.9 Å². The molecule has 0 radical (unpaired) electrons. The molecule has 234 valence electrons. The maximum atomic E-state index is 13.7. The Morgan fingerprint density at radius 2 is 1.67 bits per heavy atom. The number of rotatable bonds is 9. The molecule has 10 heteroatoms. The summed E-state index contributed by atoms with van der Waals surface area (Å²) in [7, 11) is 0. The molecule has 1 aliphatic carbocycles. The van der Waals surface area contributed by atoms with Gasteiger partial charge in [-0.3, -0.25) is 9.59 Å². The average molecular weight is 608 g/mol. The Morgan fingerprint density at radius 3 is 2.38 bits per heavy atom. The van der Waals surface area contributed by atoms with Gasteiger partial charge in [-0.05, 0) is 97.7 Å². The lowest BCUT2D eigenvalue weighted by Gasteiger charge is -2.28. The molecule has 0 spiro atoms. The van der Waals surface area contributed by atoms with Crippen LogP contribution in [0.25, 0.3) is 33.2 Å². The van der Waals surface area contributed by atoms with Crippen molar-refractivity contribution in [3.05, 3.63) is 82.0 Å². The first-order chi connectivity index (χ1) is 21.7. The number of nitrogens with one attached hydrogen (secondary N) is 5. The molecular formula is C35H41N7O3. The highest BCUT2D eigenvalue weighted by Gasteiger charge is 2.29. The second-order valence-electron chi connectivity index (χ2n) is 12.7. The highest BCUT2D eigenvalue weighted by atomic mass is 16.2. The third-order valence-corrected chi connectivity index (χ3v) is 9.07. The number of aromatic nitrogens is 4. The molecule has 2 aromatic heterocycles. The van der Waals surface area contributed by atoms with Gasteiger partial charge in [-0.25, -0.2) is 9.78 Å². The van der Waals surface area contributed by atoms with Gasteiger partial charge in [0.1, 0.15) is 11.9 Å². The minimum atomic E-state index is -0.784. The van der Waals surface area contributed by atoms with Crippen LogP contribution >= 0.6 is 0 Å². The highest BCUT2D eigenvalue weighted by Crippen LogP contribution is 2.30. The number of fused-ring (bicyclic) bond motifs is 2. The molecule has 7 N–H and O–H groups in total. The minimum absolute atomic E-state index is 0.101. The molecule has 1 saturated carbocycles. The van der Waals surface area contributed by atoms with Gasteiger partial charge in [-0.1, -0.05) is 38.1 Å². The zero-order chi connectivity index (χ0) is 31.7. The number of nitrogens with two attached hydrogens (primary N) is 1. The van der Waals surface area contributed by atoms with Crippen molar-refractivity contribution in [2.24, 2.45) is 17.6 Å². The minimum Gasteiger partial charge on any atom is -0.344 e. The van der Waals surface area contributed by atoms with Gasteiger partial charge in [-0.15, -0.1) is 0 Å². The number of hydrogen-bond acceptors (Lipinski definition) is 5. The zero-order valence-corrected chi connectivity index (χ0v) is 26.0. The third-order valence-electron chi connectivity index (χ3n) is 9.07. The van der Waals surface area contributed by atoms with Crippen LogP contribution < -0.4 is 22.1 Å². The van der Waals surface area contributed by atoms with Crippen molar-refractivity contribution in [2.75, 3.05) is 11.9 Å². The second-order valence-corrected chi connectivity index (χ2v) is 12.7. The number of nitrogens with zero attached hydrogens (tertiary/aromatic N) is 1. The van der Waals surface area contributed by atoms with E-state index in [1.54, 1.807) is 18.2 Å². The number of carbonyl (C=O) groups excluding carboxylic acids is 2. The first-order valence-electron chi connectivity index (χ1n) is 15.8. The van der Waals surface area contributed by atoms with E-state index in [4.69, 9.17) is 10.7 Å². The molecule has 1 fully saturated rings. The molecule has 1 aliphatic rings. The predicted molar refractivity (Wildman–Crippen MR) is 178 cm³/mol. The molecule has 0 unspecified atom stereocenters. The molecular weight excluding hydrogens is 566 g/mol. The van der Waals surface area contributed by atoms with Gasteiger partial charge in [0.15, 0.2) is 0 Å². The summed E-state index contributed by atoms with van der Waals surface area (Å²) in [6, 6.07) is 16.8. The summed E-state index contributed by atoms with van der Waals surface area (Å²) >= 11 is 0. The SMILES string of the molecule is Cc1cc2[nH]c(C(C)C)nc2cc1-c1ccc(C[C@H](NC(=O)C2CCC(CN)CC2)C(=O)Nc2ccc3[nH]c(=O)[nH]c3c2)cc1. The van der Waals surface area contributed by atoms with Crippen molar-refractivity contribution in [3.8, 4) is 11.1 Å². The van der Waals surface area contributed by atoms with Gasteiger partial charge in [0.05, 0.1) is 22.1 Å². The smallest absolute Gasteiger partial charge is 0.323 e. The number of amides is 2. The lowest BCUT2D eigenvalue weighted by Crippen LogP contribution is -2.48. The number of anilines is 1. The second kappa shape index (κ2) is 12.7. The van der Waals surface area contributed by atoms with Crippen LogP contribution in [0.2, 0.25) is 0 Å². The van der Waals surface area contributed by atoms with Crippen LogP contribution in [0.3, 0.4) is 0 Å². The normalized spacial score (nSPS) is 17.5. The Labute approximate surface area is 261 Å². The Morgan fingerprint density at radius 1 is 0.933 bits per heavy atom. The van der Waals surface area contributed by atoms with E-state index in [1.807, 2.05) is 12.1 Å². The van der Waals surface area contributed by atoms with Crippen molar-refractivity contribution < 1.29 is 9.59 Å². The van der Waals surface area contributed by atoms with Crippen molar-refractivity contribution in [1.29, 1.82) is 0 Å². The number of hydrogen-bond donors (Lipinski definition) is 6. The van der Waals surface area contributed by atoms with Gasteiger partial charge in [0.25, 0.3) is 0 Å². The average Bonchev–Trinajstić information content (AvgIpc) is 3.62. The Hall–Kier alpha value is -4.70. The van der Waals surface area contributed by atoms with E-state index in [2.05, 4.69) is 70.6 Å². The van der Waals surface area contributed by atoms with E-state index >= 15 is 0 Å². The van der Waals surface area contributed by atoms with E-state index in [0.29, 0.717) is 41.5 Å². The van der Waals surface area contributed by atoms with E-state index in [1.165, 1.54) is 0 Å². The standard InChI is InChI=1S/C35H41N7O3/c1-19(2)32-38-28-14-20(3)26(17-30(28)39-32)23-8-4-21(5-9-23)15-31(40-33(43)24-10-6-22(18-36)7-11-24)34(44)37-25-12-13-27-29(16-25)42-35(45)41-27/h4-5,8-9,12-14,16-17,19,22,24,31H,6-7,10-11,15,18,36H2,1-3H3,(H,37,44)(H,38,39)(H,40,43)(H2,41,42,45)/t22?,24?,31-/m0/s1. The number of imidazole rings is 2. The van der Waals surface area contributed by atoms with E-state index < -0.39 is 6.04 Å². The molecule has 3 aromatic carbocycles. The van der Waals surface area contributed by atoms with E-state index in [-0.39, 0.29) is 23.4 Å². The zero-order valence-electron chi connectivity index (χ0n) is 26.0. The van der Waals surface area contributed by atoms with Crippen LogP contribution in [-0.2, 0) is 16.0 Å². The Kier molecular flexibility index (Phi) is 8.58. The van der Waals surface area contributed by atoms with Crippen LogP contribution in [0, 0.1) is 18.8 Å². The largest absolute Gasteiger partial charge is 0.344 e. The maximum absolute atomic E-state index is 13.7. The predicted octanol–water partition coefficient (Wildman–Crippen LogP) is 5.26. The lowest BCUT2D eigenvalue weighted by atomic mass is 9.81. The van der Waals surface area contributed by atoms with Gasteiger partial charge in [-0.2, -0.15) is 0 Å². The van der Waals surface area contributed by atoms with Crippen molar-refractivity contribution in [3.63, 3.8) is 0 Å². The summed E-state index contributed by atoms with van der Waals surface area (Å²) in [6.45, 7) is 6.97. The first-order valence-corrected chi connectivity index (χ1v) is 15.8. The molecule has 1 atom stereocenters. The summed E-state index contributed by atoms with van der Waals surface area (Å²) in [5.74, 6) is 1.18. The number of benzene rings is 3. The van der Waals surface area contributed by atoms with Crippen LogP contribution in [0.5, 0.6) is 0 Å². The van der Waals surface area contributed by atoms with Crippen LogP contribution in [0.1, 0.15) is 62.4 Å². The summed E-state index contributed by atoms with van der Waals surface area (Å²) in [6.07, 6.45) is 3.71. The van der Waals surface area contributed by atoms with Gasteiger partial charge in [0.2, 0.25) is 11.8 Å². The summed E-state index contributed by atoms with van der Waals surface area (Å²) < 4.78 is 0. The number of aromatic amines is 3. The van der Waals surface area contributed by atoms with Crippen LogP contribution in [0.4, 0.5) is 5.69 Å². The Bertz CT molecular complexity index is 1890. The molecule has 10 nitrogen and oxygen atoms in total. The van der Waals surface area contributed by atoms with Crippen LogP contribution in [-0.4, -0.2) is 44.3 Å². The number of H-pyrrole nitrogens is 3. The lowest BCUT2D eigenvalue weighted by molar-refractivity contribution is -0.130. The van der Waals surface area contributed by atoms with Gasteiger partial charge < -0.3 is 31.3 Å². The molecule has 2 heterocycles. The number of carbonyl (C=O) groups is 2. The monoisotopic (exact) mass is 607 g/mol. The molecule has 0 aliphatic heterocycles. The molecule has 45 heavy (non-hydrogen) atoms. The summed E-state index contributed by atoms with van der Waals surface area (Å²) in [5, 5.41) is 6.00. The molecule has 6 rings (SSSR count). The van der Waals surface area contributed by atoms with Crippen molar-refractivity contribution in [1.82, 2.24) is 25.3 Å². The quantitative estimate of drug-likeness (QED) is 0.134. The Balaban J connectivity index is 1.22. The maximum Gasteiger partial charge on any atom is 0.323 e. The summed E-state index contributed by atoms with van der Waals surface area (Å²) in [4.78, 5) is 52.4. The molecule has 2 amide bonds. The van der Waals surface area contributed by atoms with Crippen molar-refractivity contribution >= 4 is 39.6 Å². The number of aryl methyl sites for hydroxylation is 1.